The Balaban J connectivity index is 1.71. The second kappa shape index (κ2) is 3.25. The van der Waals surface area contributed by atoms with Gasteiger partial charge in [-0.2, -0.15) is 0 Å². The third kappa shape index (κ3) is 1.65. The fourth-order valence-electron chi connectivity index (χ4n) is 5.23. The quantitative estimate of drug-likeness (QED) is 0.593. The maximum atomic E-state index is 2.42. The molecule has 0 heteroatoms. The van der Waals surface area contributed by atoms with Crippen LogP contribution in [0.15, 0.2) is 0 Å². The van der Waals surface area contributed by atoms with Crippen LogP contribution in [0.1, 0.15) is 59.3 Å². The highest BCUT2D eigenvalue weighted by Crippen LogP contribution is 2.62. The summed E-state index contributed by atoms with van der Waals surface area (Å²) in [6, 6.07) is 0. The van der Waals surface area contributed by atoms with E-state index in [1.165, 1.54) is 12.3 Å². The van der Waals surface area contributed by atoms with E-state index in [0.717, 1.165) is 23.7 Å². The second-order valence-electron chi connectivity index (χ2n) is 7.68. The van der Waals surface area contributed by atoms with Crippen LogP contribution in [-0.2, 0) is 0 Å². The van der Waals surface area contributed by atoms with Gasteiger partial charge in [-0.15, -0.1) is 0 Å². The van der Waals surface area contributed by atoms with Crippen LogP contribution in [-0.4, -0.2) is 0 Å². The lowest BCUT2D eigenvalue weighted by Crippen LogP contribution is -2.27. The summed E-state index contributed by atoms with van der Waals surface area (Å²) in [7, 11) is 0. The molecule has 15 heavy (non-hydrogen) atoms. The van der Waals surface area contributed by atoms with Gasteiger partial charge in [0.1, 0.15) is 0 Å². The number of rotatable bonds is 1. The van der Waals surface area contributed by atoms with Crippen molar-refractivity contribution < 1.29 is 0 Å². The third-order valence-corrected chi connectivity index (χ3v) is 5.44. The highest BCUT2D eigenvalue weighted by molar-refractivity contribution is 5.03. The van der Waals surface area contributed by atoms with Gasteiger partial charge in [-0.3, -0.25) is 0 Å². The molecule has 0 aromatic carbocycles. The largest absolute Gasteiger partial charge is 0.0602 e. The normalized spacial score (nSPS) is 48.6. The van der Waals surface area contributed by atoms with Crippen molar-refractivity contribution >= 4 is 0 Å². The molecule has 3 aliphatic rings. The highest BCUT2D eigenvalue weighted by Gasteiger charge is 2.53. The van der Waals surface area contributed by atoms with Gasteiger partial charge in [0.25, 0.3) is 0 Å². The molecule has 3 rings (SSSR count). The number of hydrogen-bond acceptors (Lipinski definition) is 0. The summed E-state index contributed by atoms with van der Waals surface area (Å²) in [6.45, 7) is 7.27. The van der Waals surface area contributed by atoms with E-state index in [2.05, 4.69) is 20.8 Å². The van der Waals surface area contributed by atoms with Gasteiger partial charge in [0, 0.05) is 0 Å². The minimum atomic E-state index is 0.559. The maximum absolute atomic E-state index is 2.42. The predicted molar refractivity (Wildman–Crippen MR) is 64.6 cm³/mol. The molecule has 3 fully saturated rings. The van der Waals surface area contributed by atoms with E-state index in [0.29, 0.717) is 5.41 Å². The molecule has 0 spiro atoms. The molecule has 5 unspecified atom stereocenters. The zero-order chi connectivity index (χ0) is 10.6. The first-order valence-electron chi connectivity index (χ1n) is 7.04. The summed E-state index contributed by atoms with van der Waals surface area (Å²) in [5.74, 6) is 5.72. The molecule has 0 amide bonds. The predicted octanol–water partition coefficient (Wildman–Crippen LogP) is 4.49. The summed E-state index contributed by atoms with van der Waals surface area (Å²) in [4.78, 5) is 0. The van der Waals surface area contributed by atoms with E-state index in [4.69, 9.17) is 0 Å². The van der Waals surface area contributed by atoms with Gasteiger partial charge >= 0.3 is 0 Å². The molecular formula is C15H26. The second-order valence-corrected chi connectivity index (χ2v) is 7.68. The Kier molecular flexibility index (Phi) is 2.20. The minimum absolute atomic E-state index is 0.559. The first-order chi connectivity index (χ1) is 7.04. The van der Waals surface area contributed by atoms with E-state index >= 15 is 0 Å². The summed E-state index contributed by atoms with van der Waals surface area (Å²) >= 11 is 0. The van der Waals surface area contributed by atoms with Crippen LogP contribution in [0.2, 0.25) is 0 Å². The number of hydrogen-bond donors (Lipinski definition) is 0. The molecule has 0 aliphatic heterocycles. The molecule has 3 saturated carbocycles. The lowest BCUT2D eigenvalue weighted by Gasteiger charge is -2.35. The van der Waals surface area contributed by atoms with Crippen LogP contribution in [0.3, 0.4) is 0 Å². The molecule has 3 aliphatic carbocycles. The van der Waals surface area contributed by atoms with Crippen LogP contribution < -0.4 is 0 Å². The summed E-state index contributed by atoms with van der Waals surface area (Å²) in [6.07, 6.45) is 9.38. The van der Waals surface area contributed by atoms with E-state index in [9.17, 15) is 0 Å². The van der Waals surface area contributed by atoms with Crippen LogP contribution >= 0.6 is 0 Å². The Labute approximate surface area is 94.8 Å². The standard InChI is InChI=1S/C15H26/c1-15(2,3)9-11-7-10-8-14(11)13-6-4-5-12(10)13/h10-14H,4-9H2,1-3H3. The van der Waals surface area contributed by atoms with E-state index in [1.54, 1.807) is 32.1 Å². The molecule has 0 saturated heterocycles. The van der Waals surface area contributed by atoms with Crippen molar-refractivity contribution in [2.24, 2.45) is 35.0 Å². The van der Waals surface area contributed by atoms with Gasteiger partial charge in [0.15, 0.2) is 0 Å². The topological polar surface area (TPSA) is 0 Å². The maximum Gasteiger partial charge on any atom is -0.0352 e. The van der Waals surface area contributed by atoms with Crippen molar-refractivity contribution in [1.29, 1.82) is 0 Å². The van der Waals surface area contributed by atoms with Crippen LogP contribution in [0, 0.1) is 35.0 Å². The van der Waals surface area contributed by atoms with E-state index in [1.807, 2.05) is 0 Å². The fraction of sp³-hybridized carbons (Fsp3) is 1.00. The van der Waals surface area contributed by atoms with Crippen LogP contribution in [0.5, 0.6) is 0 Å². The molecule has 0 aromatic heterocycles. The van der Waals surface area contributed by atoms with E-state index < -0.39 is 0 Å². The van der Waals surface area contributed by atoms with Crippen molar-refractivity contribution in [3.63, 3.8) is 0 Å². The molecule has 0 N–H and O–H groups in total. The molecule has 0 nitrogen and oxygen atoms in total. The monoisotopic (exact) mass is 206 g/mol. The lowest BCUT2D eigenvalue weighted by atomic mass is 9.70. The Morgan fingerprint density at radius 3 is 2.40 bits per heavy atom. The molecule has 2 bridgehead atoms. The van der Waals surface area contributed by atoms with Crippen molar-refractivity contribution in [2.45, 2.75) is 59.3 Å². The first-order valence-corrected chi connectivity index (χ1v) is 7.04. The van der Waals surface area contributed by atoms with Gasteiger partial charge in [-0.05, 0) is 67.1 Å². The minimum Gasteiger partial charge on any atom is -0.0602 e. The summed E-state index contributed by atoms with van der Waals surface area (Å²) < 4.78 is 0. The molecule has 0 aromatic rings. The zero-order valence-corrected chi connectivity index (χ0v) is 10.6. The molecule has 5 atom stereocenters. The smallest absolute Gasteiger partial charge is 0.0352 e. The van der Waals surface area contributed by atoms with Crippen LogP contribution in [0.4, 0.5) is 0 Å². The molecular weight excluding hydrogens is 180 g/mol. The van der Waals surface area contributed by atoms with Crippen molar-refractivity contribution in [1.82, 2.24) is 0 Å². The van der Waals surface area contributed by atoms with Crippen LogP contribution in [0.25, 0.3) is 0 Å². The Morgan fingerprint density at radius 1 is 0.933 bits per heavy atom. The van der Waals surface area contributed by atoms with Gasteiger partial charge in [-0.1, -0.05) is 27.2 Å². The Bertz CT molecular complexity index is 247. The first kappa shape index (κ1) is 10.2. The van der Waals surface area contributed by atoms with Gasteiger partial charge in [0.05, 0.1) is 0 Å². The van der Waals surface area contributed by atoms with E-state index in [-0.39, 0.29) is 0 Å². The Morgan fingerprint density at radius 2 is 1.67 bits per heavy atom. The van der Waals surface area contributed by atoms with Crippen molar-refractivity contribution in [3.05, 3.63) is 0 Å². The van der Waals surface area contributed by atoms with Gasteiger partial charge < -0.3 is 0 Å². The highest BCUT2D eigenvalue weighted by atomic mass is 14.6. The SMILES string of the molecule is CC(C)(C)CC1CC2CC1C1CCCC21. The fourth-order valence-corrected chi connectivity index (χ4v) is 5.23. The van der Waals surface area contributed by atoms with Crippen molar-refractivity contribution in [2.75, 3.05) is 0 Å². The summed E-state index contributed by atoms with van der Waals surface area (Å²) in [5.41, 5.74) is 0.559. The molecule has 86 valence electrons. The Hall–Kier alpha value is 0. The lowest BCUT2D eigenvalue weighted by molar-refractivity contribution is 0.145. The zero-order valence-electron chi connectivity index (χ0n) is 10.6. The van der Waals surface area contributed by atoms with Gasteiger partial charge in [0.2, 0.25) is 0 Å². The average molecular weight is 206 g/mol. The molecule has 0 radical (unpaired) electrons. The van der Waals surface area contributed by atoms with Crippen molar-refractivity contribution in [3.8, 4) is 0 Å². The average Bonchev–Trinajstić information content (AvgIpc) is 2.66. The third-order valence-electron chi connectivity index (χ3n) is 5.44. The number of fused-ring (bicyclic) bond motifs is 5. The van der Waals surface area contributed by atoms with Gasteiger partial charge in [-0.25, -0.2) is 0 Å². The molecule has 0 heterocycles. The summed E-state index contributed by atoms with van der Waals surface area (Å²) in [5, 5.41) is 0.